The largest absolute Gasteiger partial charge is 1.00 e. The van der Waals surface area contributed by atoms with E-state index in [4.69, 9.17) is 0 Å². The van der Waals surface area contributed by atoms with Gasteiger partial charge in [-0.2, -0.15) is 11.8 Å². The molecule has 1 unspecified atom stereocenters. The molecule has 0 radical (unpaired) electrons. The van der Waals surface area contributed by atoms with Gasteiger partial charge in [-0.15, -0.1) is 0 Å². The smallest absolute Gasteiger partial charge is 0.243 e. The average molecular weight is 462 g/mol. The third-order valence-corrected chi connectivity index (χ3v) is 6.43. The van der Waals surface area contributed by atoms with Crippen LogP contribution < -0.4 is 21.5 Å². The highest BCUT2D eigenvalue weighted by Crippen LogP contribution is 2.17. The van der Waals surface area contributed by atoms with Gasteiger partial charge in [0.2, 0.25) is 6.33 Å². The molecule has 1 aromatic rings. The highest BCUT2D eigenvalue weighted by molar-refractivity contribution is 7.99. The third-order valence-electron chi connectivity index (χ3n) is 5.19. The van der Waals surface area contributed by atoms with E-state index < -0.39 is 0 Å². The lowest BCUT2D eigenvalue weighted by molar-refractivity contribution is -0.671. The van der Waals surface area contributed by atoms with Crippen LogP contribution in [0, 0.1) is 0 Å². The van der Waals surface area contributed by atoms with Crippen LogP contribution in [0.25, 0.3) is 0 Å². The van der Waals surface area contributed by atoms with Crippen molar-refractivity contribution in [1.82, 2.24) is 4.57 Å². The van der Waals surface area contributed by atoms with E-state index in [2.05, 4.69) is 60.5 Å². The van der Waals surface area contributed by atoms with Crippen molar-refractivity contribution in [2.75, 3.05) is 5.75 Å². The number of hydrogen-bond donors (Lipinski definition) is 0. The number of aryl methyl sites for hydroxylation is 1. The maximum Gasteiger partial charge on any atom is 0.243 e. The quantitative estimate of drug-likeness (QED) is 0.238. The molecule has 0 aliphatic rings. The Balaban J connectivity index is 0.00000676. The number of hydrogen-bond acceptors (Lipinski definition) is 1. The van der Waals surface area contributed by atoms with Crippen LogP contribution in [0.5, 0.6) is 0 Å². The Morgan fingerprint density at radius 1 is 0.815 bits per heavy atom. The van der Waals surface area contributed by atoms with Gasteiger partial charge in [0.25, 0.3) is 0 Å². The lowest BCUT2D eigenvalue weighted by atomic mass is 10.0. The minimum absolute atomic E-state index is 0. The number of thioether (sulfide) groups is 1. The van der Waals surface area contributed by atoms with E-state index in [9.17, 15) is 0 Å². The molecule has 0 N–H and O–H groups in total. The van der Waals surface area contributed by atoms with E-state index in [0.717, 1.165) is 6.54 Å². The maximum atomic E-state index is 2.36. The normalized spacial score (nSPS) is 12.1. The number of rotatable bonds is 18. The summed E-state index contributed by atoms with van der Waals surface area (Å²) in [5, 5.41) is 0.712. The Hall–Kier alpha value is 0.0400. The lowest BCUT2D eigenvalue weighted by Crippen LogP contribution is -3.00. The maximum absolute atomic E-state index is 2.36. The molecular formula is C23H45BrN2S. The van der Waals surface area contributed by atoms with E-state index >= 15 is 0 Å². The first-order valence-corrected chi connectivity index (χ1v) is 12.4. The summed E-state index contributed by atoms with van der Waals surface area (Å²) in [6.07, 6.45) is 26.7. The highest BCUT2D eigenvalue weighted by Gasteiger charge is 2.07. The van der Waals surface area contributed by atoms with Gasteiger partial charge in [0.15, 0.2) is 0 Å². The molecule has 0 spiro atoms. The fraction of sp³-hybridized carbons (Fsp3) is 0.870. The fourth-order valence-electron chi connectivity index (χ4n) is 3.54. The zero-order valence-electron chi connectivity index (χ0n) is 18.3. The molecule has 0 saturated heterocycles. The first kappa shape index (κ1) is 27.0. The van der Waals surface area contributed by atoms with Crippen molar-refractivity contribution < 1.29 is 21.5 Å². The summed E-state index contributed by atoms with van der Waals surface area (Å²) in [5.74, 6) is 1.33. The number of nitrogens with zero attached hydrogens (tertiary/aromatic N) is 2. The van der Waals surface area contributed by atoms with Gasteiger partial charge in [-0.1, -0.05) is 90.4 Å². The fourth-order valence-corrected chi connectivity index (χ4v) is 4.59. The van der Waals surface area contributed by atoms with Crippen LogP contribution in [0.15, 0.2) is 18.7 Å². The molecule has 0 bridgehead atoms. The highest BCUT2D eigenvalue weighted by atomic mass is 79.9. The number of imidazole rings is 1. The van der Waals surface area contributed by atoms with Gasteiger partial charge >= 0.3 is 0 Å². The molecule has 1 heterocycles. The van der Waals surface area contributed by atoms with Gasteiger partial charge in [0, 0.05) is 5.25 Å². The van der Waals surface area contributed by atoms with Crippen molar-refractivity contribution in [3.63, 3.8) is 0 Å². The lowest BCUT2D eigenvalue weighted by Gasteiger charge is -2.08. The summed E-state index contributed by atoms with van der Waals surface area (Å²) in [7, 11) is 2.09. The summed E-state index contributed by atoms with van der Waals surface area (Å²) in [6, 6.07) is 0. The zero-order valence-corrected chi connectivity index (χ0v) is 20.7. The molecule has 2 nitrogen and oxygen atoms in total. The first-order chi connectivity index (χ1) is 12.7. The molecule has 0 fully saturated rings. The van der Waals surface area contributed by atoms with E-state index in [0.29, 0.717) is 5.25 Å². The average Bonchev–Trinajstić information content (AvgIpc) is 3.03. The second-order valence-electron chi connectivity index (χ2n) is 8.05. The van der Waals surface area contributed by atoms with E-state index in [1.54, 1.807) is 0 Å². The van der Waals surface area contributed by atoms with Gasteiger partial charge in [-0.3, -0.25) is 0 Å². The molecule has 0 aliphatic heterocycles. The predicted octanol–water partition coefficient (Wildman–Crippen LogP) is 3.92. The van der Waals surface area contributed by atoms with Crippen LogP contribution in [0.1, 0.15) is 104 Å². The molecule has 1 aromatic heterocycles. The number of aromatic nitrogens is 2. The SMILES string of the molecule is CCCCCCCCCCCCCCCCSC(C)Cn1cc[n+](C)c1.[Br-]. The van der Waals surface area contributed by atoms with Crippen molar-refractivity contribution in [3.8, 4) is 0 Å². The van der Waals surface area contributed by atoms with Crippen LogP contribution in [-0.4, -0.2) is 15.6 Å². The Labute approximate surface area is 184 Å². The molecule has 1 atom stereocenters. The van der Waals surface area contributed by atoms with Crippen LogP contribution >= 0.6 is 11.8 Å². The minimum Gasteiger partial charge on any atom is -1.00 e. The Kier molecular flexibility index (Phi) is 19.4. The second kappa shape index (κ2) is 19.4. The molecule has 0 aliphatic carbocycles. The van der Waals surface area contributed by atoms with Crippen LogP contribution in [-0.2, 0) is 13.6 Å². The molecule has 27 heavy (non-hydrogen) atoms. The summed E-state index contributed by atoms with van der Waals surface area (Å²) in [4.78, 5) is 0. The molecule has 1 rings (SSSR count). The molecule has 0 saturated carbocycles. The van der Waals surface area contributed by atoms with Gasteiger partial charge in [0.05, 0.1) is 7.05 Å². The van der Waals surface area contributed by atoms with Crippen molar-refractivity contribution in [1.29, 1.82) is 0 Å². The second-order valence-corrected chi connectivity index (χ2v) is 9.60. The number of halogens is 1. The predicted molar refractivity (Wildman–Crippen MR) is 118 cm³/mol. The Morgan fingerprint density at radius 2 is 1.30 bits per heavy atom. The molecule has 4 heteroatoms. The van der Waals surface area contributed by atoms with E-state index in [1.165, 1.54) is 95.6 Å². The van der Waals surface area contributed by atoms with E-state index in [1.807, 2.05) is 0 Å². The summed E-state index contributed by atoms with van der Waals surface area (Å²) >= 11 is 2.13. The van der Waals surface area contributed by atoms with Gasteiger partial charge in [0.1, 0.15) is 18.9 Å². The third kappa shape index (κ3) is 16.7. The standard InChI is InChI=1S/C23H45N2S.BrH/c1-4-5-6-7-8-9-10-11-12-13-14-15-16-17-20-26-23(2)21-25-19-18-24(3)22-25;/h18-19,22-23H,4-17,20-21H2,1-3H3;1H/q+1;/p-1. The molecule has 160 valence electrons. The Morgan fingerprint density at radius 3 is 1.74 bits per heavy atom. The summed E-state index contributed by atoms with van der Waals surface area (Å²) < 4.78 is 4.41. The topological polar surface area (TPSA) is 8.81 Å². The van der Waals surface area contributed by atoms with E-state index in [-0.39, 0.29) is 17.0 Å². The van der Waals surface area contributed by atoms with Crippen molar-refractivity contribution in [3.05, 3.63) is 18.7 Å². The van der Waals surface area contributed by atoms with Gasteiger partial charge < -0.3 is 17.0 Å². The summed E-state index contributed by atoms with van der Waals surface area (Å²) in [5.41, 5.74) is 0. The van der Waals surface area contributed by atoms with Crippen molar-refractivity contribution in [2.24, 2.45) is 7.05 Å². The van der Waals surface area contributed by atoms with Gasteiger partial charge in [-0.05, 0) is 19.1 Å². The first-order valence-electron chi connectivity index (χ1n) is 11.3. The van der Waals surface area contributed by atoms with Crippen molar-refractivity contribution >= 4 is 11.8 Å². The van der Waals surface area contributed by atoms with Crippen LogP contribution in [0.4, 0.5) is 0 Å². The molecule has 0 aromatic carbocycles. The zero-order chi connectivity index (χ0) is 18.9. The minimum atomic E-state index is 0. The van der Waals surface area contributed by atoms with Crippen LogP contribution in [0.3, 0.4) is 0 Å². The number of unbranched alkanes of at least 4 members (excludes halogenated alkanes) is 13. The summed E-state index contributed by atoms with van der Waals surface area (Å²) in [6.45, 7) is 5.78. The van der Waals surface area contributed by atoms with Gasteiger partial charge in [-0.25, -0.2) is 9.13 Å². The van der Waals surface area contributed by atoms with Crippen molar-refractivity contribution in [2.45, 2.75) is 116 Å². The van der Waals surface area contributed by atoms with Crippen LogP contribution in [0.2, 0.25) is 0 Å². The monoisotopic (exact) mass is 460 g/mol. The molecule has 0 amide bonds. The Bertz CT molecular complexity index is 422. The molecular weight excluding hydrogens is 416 g/mol.